The van der Waals surface area contributed by atoms with Crippen molar-refractivity contribution < 1.29 is 14.5 Å². The molecule has 1 N–H and O–H groups in total. The molecule has 0 aliphatic heterocycles. The number of rotatable bonds is 7. The highest BCUT2D eigenvalue weighted by atomic mass is 16.6. The molecule has 0 saturated heterocycles. The third-order valence-electron chi connectivity index (χ3n) is 3.46. The zero-order valence-electron chi connectivity index (χ0n) is 14.8. The minimum absolute atomic E-state index is 0.0499. The Kier molecular flexibility index (Phi) is 6.26. The number of hydrogen-bond donors (Lipinski definition) is 1. The molecule has 0 atom stereocenters. The summed E-state index contributed by atoms with van der Waals surface area (Å²) in [6.45, 7) is 1.74. The van der Waals surface area contributed by atoms with Gasteiger partial charge >= 0.3 is 0 Å². The summed E-state index contributed by atoms with van der Waals surface area (Å²) < 4.78 is 5.38. The lowest BCUT2D eigenvalue weighted by molar-refractivity contribution is -0.384. The van der Waals surface area contributed by atoms with Crippen LogP contribution >= 0.6 is 0 Å². The predicted octanol–water partition coefficient (Wildman–Crippen LogP) is 2.50. The van der Waals surface area contributed by atoms with E-state index in [4.69, 9.17) is 4.74 Å². The van der Waals surface area contributed by atoms with Crippen LogP contribution in [-0.4, -0.2) is 37.7 Å². The van der Waals surface area contributed by atoms with Crippen molar-refractivity contribution in [3.8, 4) is 5.75 Å². The first kappa shape index (κ1) is 18.9. The van der Waals surface area contributed by atoms with Gasteiger partial charge in [-0.1, -0.05) is 12.1 Å². The van der Waals surface area contributed by atoms with E-state index < -0.39 is 10.8 Å². The van der Waals surface area contributed by atoms with Crippen LogP contribution in [0.15, 0.2) is 47.6 Å². The molecule has 2 aromatic carbocycles. The number of aryl methyl sites for hydroxylation is 1. The Balaban J connectivity index is 1.99. The third kappa shape index (κ3) is 5.30. The van der Waals surface area contributed by atoms with Gasteiger partial charge in [-0.25, -0.2) is 5.43 Å². The number of hydrazone groups is 1. The number of nitro groups is 1. The smallest absolute Gasteiger partial charge is 0.277 e. The first-order valence-corrected chi connectivity index (χ1v) is 7.84. The number of hydrogen-bond acceptors (Lipinski definition) is 6. The molecule has 8 nitrogen and oxygen atoms in total. The summed E-state index contributed by atoms with van der Waals surface area (Å²) in [6, 6.07) is 11.8. The first-order valence-electron chi connectivity index (χ1n) is 7.84. The zero-order valence-corrected chi connectivity index (χ0v) is 14.8. The Bertz CT molecular complexity index is 834. The van der Waals surface area contributed by atoms with Crippen LogP contribution in [0.5, 0.6) is 5.75 Å². The van der Waals surface area contributed by atoms with E-state index in [0.717, 1.165) is 11.3 Å². The van der Waals surface area contributed by atoms with Crippen molar-refractivity contribution in [3.63, 3.8) is 0 Å². The molecule has 136 valence electrons. The van der Waals surface area contributed by atoms with Gasteiger partial charge in [-0.3, -0.25) is 14.9 Å². The number of nitro benzene ring substituents is 1. The number of nitrogens with one attached hydrogen (secondary N) is 1. The average molecular weight is 356 g/mol. The van der Waals surface area contributed by atoms with Crippen molar-refractivity contribution in [2.45, 2.75) is 6.92 Å². The van der Waals surface area contributed by atoms with Gasteiger partial charge in [-0.15, -0.1) is 0 Å². The summed E-state index contributed by atoms with van der Waals surface area (Å²) in [5, 5.41) is 14.8. The van der Waals surface area contributed by atoms with Gasteiger partial charge in [0.15, 0.2) is 6.61 Å². The molecule has 0 aromatic heterocycles. The fourth-order valence-electron chi connectivity index (χ4n) is 2.23. The molecule has 0 heterocycles. The Morgan fingerprint density at radius 1 is 1.31 bits per heavy atom. The molecule has 0 spiro atoms. The van der Waals surface area contributed by atoms with Crippen molar-refractivity contribution in [2.24, 2.45) is 5.10 Å². The molecule has 0 bridgehead atoms. The summed E-state index contributed by atoms with van der Waals surface area (Å²) in [7, 11) is 3.62. The van der Waals surface area contributed by atoms with E-state index in [2.05, 4.69) is 10.5 Å². The topological polar surface area (TPSA) is 97.1 Å². The molecule has 1 amide bonds. The van der Waals surface area contributed by atoms with E-state index in [1.807, 2.05) is 39.2 Å². The molecule has 2 rings (SSSR count). The second kappa shape index (κ2) is 8.61. The summed E-state index contributed by atoms with van der Waals surface area (Å²) in [5.74, 6) is 0.164. The number of benzene rings is 2. The minimum Gasteiger partial charge on any atom is -0.484 e. The number of ether oxygens (including phenoxy) is 1. The van der Waals surface area contributed by atoms with Crippen LogP contribution in [0.1, 0.15) is 11.1 Å². The van der Waals surface area contributed by atoms with Gasteiger partial charge in [0.2, 0.25) is 0 Å². The van der Waals surface area contributed by atoms with Crippen LogP contribution in [0, 0.1) is 17.0 Å². The van der Waals surface area contributed by atoms with Crippen LogP contribution in [0.3, 0.4) is 0 Å². The van der Waals surface area contributed by atoms with Gasteiger partial charge in [0.25, 0.3) is 11.6 Å². The summed E-state index contributed by atoms with van der Waals surface area (Å²) in [6.07, 6.45) is 1.37. The van der Waals surface area contributed by atoms with Crippen molar-refractivity contribution in [2.75, 3.05) is 25.6 Å². The maximum Gasteiger partial charge on any atom is 0.277 e. The quantitative estimate of drug-likeness (QED) is 0.467. The highest BCUT2D eigenvalue weighted by Crippen LogP contribution is 2.22. The largest absolute Gasteiger partial charge is 0.484 e. The molecule has 0 fully saturated rings. The molecule has 2 aromatic rings. The lowest BCUT2D eigenvalue weighted by atomic mass is 10.1. The van der Waals surface area contributed by atoms with Gasteiger partial charge in [-0.2, -0.15) is 5.10 Å². The van der Waals surface area contributed by atoms with Gasteiger partial charge in [-0.05, 0) is 30.7 Å². The molecule has 8 heteroatoms. The van der Waals surface area contributed by atoms with E-state index in [1.165, 1.54) is 18.3 Å². The summed E-state index contributed by atoms with van der Waals surface area (Å²) in [5.41, 5.74) is 4.59. The summed E-state index contributed by atoms with van der Waals surface area (Å²) in [4.78, 5) is 24.1. The van der Waals surface area contributed by atoms with Crippen LogP contribution in [0.4, 0.5) is 11.4 Å². The lowest BCUT2D eigenvalue weighted by Crippen LogP contribution is -2.24. The second-order valence-electron chi connectivity index (χ2n) is 5.79. The first-order chi connectivity index (χ1) is 12.4. The van der Waals surface area contributed by atoms with E-state index in [0.29, 0.717) is 11.3 Å². The van der Waals surface area contributed by atoms with E-state index in [1.54, 1.807) is 17.0 Å². The molecule has 0 aliphatic carbocycles. The number of amides is 1. The normalized spacial score (nSPS) is 10.6. The Morgan fingerprint density at radius 2 is 2.08 bits per heavy atom. The van der Waals surface area contributed by atoms with Crippen molar-refractivity contribution in [3.05, 3.63) is 63.7 Å². The maximum atomic E-state index is 11.8. The van der Waals surface area contributed by atoms with Gasteiger partial charge in [0.05, 0.1) is 11.1 Å². The number of carbonyl (C=O) groups excluding carboxylic acids is 1. The Labute approximate surface area is 151 Å². The Hall–Kier alpha value is -3.42. The monoisotopic (exact) mass is 356 g/mol. The Morgan fingerprint density at radius 3 is 2.73 bits per heavy atom. The van der Waals surface area contributed by atoms with Crippen molar-refractivity contribution in [1.82, 2.24) is 5.43 Å². The van der Waals surface area contributed by atoms with Crippen LogP contribution < -0.4 is 15.1 Å². The van der Waals surface area contributed by atoms with Crippen LogP contribution in [0.2, 0.25) is 0 Å². The highest BCUT2D eigenvalue weighted by Gasteiger charge is 2.11. The van der Waals surface area contributed by atoms with Gasteiger partial charge in [0, 0.05) is 37.5 Å². The molecule has 0 radical (unpaired) electrons. The SMILES string of the molecule is Cc1cccc(OCC(=O)N/N=C\c2cc([N+](=O)[O-])ccc2N(C)C)c1. The number of non-ortho nitro benzene ring substituents is 1. The maximum absolute atomic E-state index is 11.8. The number of carbonyl (C=O) groups is 1. The van der Waals surface area contributed by atoms with E-state index in [9.17, 15) is 14.9 Å². The zero-order chi connectivity index (χ0) is 19.1. The van der Waals surface area contributed by atoms with E-state index >= 15 is 0 Å². The minimum atomic E-state index is -0.481. The third-order valence-corrected chi connectivity index (χ3v) is 3.46. The average Bonchev–Trinajstić information content (AvgIpc) is 2.59. The fourth-order valence-corrected chi connectivity index (χ4v) is 2.23. The number of anilines is 1. The molecule has 26 heavy (non-hydrogen) atoms. The van der Waals surface area contributed by atoms with Gasteiger partial charge in [0.1, 0.15) is 5.75 Å². The van der Waals surface area contributed by atoms with Gasteiger partial charge < -0.3 is 9.64 Å². The second-order valence-corrected chi connectivity index (χ2v) is 5.79. The highest BCUT2D eigenvalue weighted by molar-refractivity contribution is 5.90. The molecular weight excluding hydrogens is 336 g/mol. The number of nitrogens with zero attached hydrogens (tertiary/aromatic N) is 3. The molecular formula is C18H20N4O4. The standard InChI is InChI=1S/C18H20N4O4/c1-13-5-4-6-16(9-13)26-12-18(23)20-19-11-14-10-15(22(24)25)7-8-17(14)21(2)3/h4-11H,12H2,1-3H3,(H,20,23)/b19-11-. The van der Waals surface area contributed by atoms with E-state index in [-0.39, 0.29) is 12.3 Å². The molecule has 0 aliphatic rings. The fraction of sp³-hybridized carbons (Fsp3) is 0.222. The van der Waals surface area contributed by atoms with Crippen molar-refractivity contribution >= 4 is 23.5 Å². The predicted molar refractivity (Wildman–Crippen MR) is 99.8 cm³/mol. The molecule has 0 saturated carbocycles. The van der Waals surface area contributed by atoms with Crippen molar-refractivity contribution in [1.29, 1.82) is 0 Å². The van der Waals surface area contributed by atoms with Crippen LogP contribution in [-0.2, 0) is 4.79 Å². The lowest BCUT2D eigenvalue weighted by Gasteiger charge is -2.14. The molecule has 0 unspecified atom stereocenters. The summed E-state index contributed by atoms with van der Waals surface area (Å²) >= 11 is 0. The van der Waals surface area contributed by atoms with Crippen LogP contribution in [0.25, 0.3) is 0 Å².